The Morgan fingerprint density at radius 1 is 1.43 bits per heavy atom. The highest BCUT2D eigenvalue weighted by molar-refractivity contribution is 5.91. The largest absolute Gasteiger partial charge is 0.449 e. The van der Waals surface area contributed by atoms with Gasteiger partial charge in [-0.05, 0) is 6.07 Å². The highest BCUT2D eigenvalue weighted by Crippen LogP contribution is 2.32. The average molecular weight is 428 g/mol. The summed E-state index contributed by atoms with van der Waals surface area (Å²) in [5.74, 6) is -0.356. The lowest BCUT2D eigenvalue weighted by molar-refractivity contribution is -0.141. The van der Waals surface area contributed by atoms with Crippen molar-refractivity contribution >= 4 is 17.9 Å². The van der Waals surface area contributed by atoms with Gasteiger partial charge in [0.15, 0.2) is 5.69 Å². The summed E-state index contributed by atoms with van der Waals surface area (Å²) in [6.45, 7) is 0.683. The molecule has 0 bridgehead atoms. The zero-order valence-corrected chi connectivity index (χ0v) is 15.8. The van der Waals surface area contributed by atoms with E-state index in [1.165, 1.54) is 13.1 Å². The summed E-state index contributed by atoms with van der Waals surface area (Å²) < 4.78 is 48.6. The van der Waals surface area contributed by atoms with Crippen LogP contribution < -0.4 is 16.0 Å². The van der Waals surface area contributed by atoms with Crippen LogP contribution in [0.4, 0.5) is 23.9 Å². The summed E-state index contributed by atoms with van der Waals surface area (Å²) in [4.78, 5) is 31.7. The fourth-order valence-corrected chi connectivity index (χ4v) is 3.09. The summed E-state index contributed by atoms with van der Waals surface area (Å²) in [6.07, 6.45) is -4.16. The van der Waals surface area contributed by atoms with Gasteiger partial charge in [0.25, 0.3) is 5.91 Å². The van der Waals surface area contributed by atoms with Gasteiger partial charge in [-0.25, -0.2) is 14.8 Å². The summed E-state index contributed by atoms with van der Waals surface area (Å²) in [5, 5.41) is 6.10. The zero-order chi connectivity index (χ0) is 21.9. The second-order valence-corrected chi connectivity index (χ2v) is 6.76. The van der Waals surface area contributed by atoms with Gasteiger partial charge in [-0.3, -0.25) is 4.79 Å². The van der Waals surface area contributed by atoms with Crippen LogP contribution in [0.15, 0.2) is 22.9 Å². The number of hydrogen-bond donors (Lipinski definition) is 2. The molecule has 30 heavy (non-hydrogen) atoms. The van der Waals surface area contributed by atoms with Gasteiger partial charge in [0.2, 0.25) is 5.95 Å². The Morgan fingerprint density at radius 2 is 2.17 bits per heavy atom. The summed E-state index contributed by atoms with van der Waals surface area (Å²) in [5.41, 5.74) is 4.13. The SMILES string of the molecule is CNC(=O)c1cc(CC(COC(N)=O)C2CN(c3nccc(C(F)(F)F)n3)C2)on1. The third kappa shape index (κ3) is 4.96. The van der Waals surface area contributed by atoms with E-state index in [1.807, 2.05) is 0 Å². The van der Waals surface area contributed by atoms with Crippen LogP contribution in [0.2, 0.25) is 0 Å². The third-order valence-corrected chi connectivity index (χ3v) is 4.71. The minimum atomic E-state index is -4.56. The highest BCUT2D eigenvalue weighted by atomic mass is 19.4. The van der Waals surface area contributed by atoms with Crippen LogP contribution in [0, 0.1) is 11.8 Å². The molecular formula is C17H19F3N6O4. The van der Waals surface area contributed by atoms with Gasteiger partial charge in [-0.1, -0.05) is 5.16 Å². The molecule has 1 fully saturated rings. The molecule has 2 amide bonds. The van der Waals surface area contributed by atoms with Crippen LogP contribution in [0.1, 0.15) is 21.9 Å². The smallest absolute Gasteiger partial charge is 0.433 e. The van der Waals surface area contributed by atoms with E-state index >= 15 is 0 Å². The van der Waals surface area contributed by atoms with Crippen LogP contribution in [0.5, 0.6) is 0 Å². The molecule has 162 valence electrons. The lowest BCUT2D eigenvalue weighted by Crippen LogP contribution is -2.52. The van der Waals surface area contributed by atoms with Crippen LogP contribution in [-0.2, 0) is 17.3 Å². The van der Waals surface area contributed by atoms with Gasteiger partial charge in [0, 0.05) is 50.7 Å². The number of alkyl halides is 3. The number of rotatable bonds is 7. The van der Waals surface area contributed by atoms with Gasteiger partial charge >= 0.3 is 12.3 Å². The van der Waals surface area contributed by atoms with E-state index in [9.17, 15) is 22.8 Å². The molecule has 0 saturated carbocycles. The second kappa shape index (κ2) is 8.55. The first-order chi connectivity index (χ1) is 14.2. The lowest BCUT2D eigenvalue weighted by Gasteiger charge is -2.43. The molecular weight excluding hydrogens is 409 g/mol. The number of halogens is 3. The molecule has 2 aromatic heterocycles. The Bertz CT molecular complexity index is 913. The molecule has 1 saturated heterocycles. The maximum Gasteiger partial charge on any atom is 0.433 e. The summed E-state index contributed by atoms with van der Waals surface area (Å²) >= 11 is 0. The van der Waals surface area contributed by atoms with Crippen molar-refractivity contribution in [1.29, 1.82) is 0 Å². The van der Waals surface area contributed by atoms with Crippen molar-refractivity contribution in [3.8, 4) is 0 Å². The molecule has 1 aliphatic rings. The first-order valence-corrected chi connectivity index (χ1v) is 8.92. The fourth-order valence-electron chi connectivity index (χ4n) is 3.09. The number of nitrogens with two attached hydrogens (primary N) is 1. The molecule has 1 unspecified atom stereocenters. The number of aromatic nitrogens is 3. The number of carbonyl (C=O) groups is 2. The van der Waals surface area contributed by atoms with Gasteiger partial charge in [-0.15, -0.1) is 0 Å². The Hall–Kier alpha value is -3.38. The molecule has 13 heteroatoms. The van der Waals surface area contributed by atoms with Crippen molar-refractivity contribution < 1.29 is 32.0 Å². The Kier molecular flexibility index (Phi) is 6.08. The summed E-state index contributed by atoms with van der Waals surface area (Å²) in [7, 11) is 1.46. The first kappa shape index (κ1) is 21.3. The maximum atomic E-state index is 12.8. The quantitative estimate of drug-likeness (QED) is 0.672. The number of nitrogens with one attached hydrogen (secondary N) is 1. The monoisotopic (exact) mass is 428 g/mol. The number of anilines is 1. The maximum absolute atomic E-state index is 12.8. The molecule has 2 aromatic rings. The minimum absolute atomic E-state index is 0.0205. The molecule has 1 atom stereocenters. The van der Waals surface area contributed by atoms with Crippen molar-refractivity contribution in [2.24, 2.45) is 17.6 Å². The van der Waals surface area contributed by atoms with Crippen LogP contribution in [0.25, 0.3) is 0 Å². The van der Waals surface area contributed by atoms with E-state index in [1.54, 1.807) is 4.90 Å². The van der Waals surface area contributed by atoms with Crippen molar-refractivity contribution in [3.05, 3.63) is 35.5 Å². The molecule has 0 spiro atoms. The highest BCUT2D eigenvalue weighted by Gasteiger charge is 2.38. The van der Waals surface area contributed by atoms with Crippen molar-refractivity contribution in [2.75, 3.05) is 31.6 Å². The second-order valence-electron chi connectivity index (χ2n) is 6.76. The normalized spacial score (nSPS) is 15.4. The third-order valence-electron chi connectivity index (χ3n) is 4.71. The van der Waals surface area contributed by atoms with Gasteiger partial charge < -0.3 is 25.2 Å². The van der Waals surface area contributed by atoms with E-state index < -0.39 is 23.9 Å². The number of hydrogen-bond acceptors (Lipinski definition) is 8. The van der Waals surface area contributed by atoms with Crippen LogP contribution >= 0.6 is 0 Å². The van der Waals surface area contributed by atoms with Gasteiger partial charge in [0.1, 0.15) is 11.5 Å². The number of carbonyl (C=O) groups excluding carboxylic acids is 2. The molecule has 3 N–H and O–H groups in total. The number of nitrogens with zero attached hydrogens (tertiary/aromatic N) is 4. The van der Waals surface area contributed by atoms with Crippen molar-refractivity contribution in [2.45, 2.75) is 12.6 Å². The number of ether oxygens (including phenoxy) is 1. The van der Waals surface area contributed by atoms with E-state index in [4.69, 9.17) is 15.0 Å². The average Bonchev–Trinajstić information content (AvgIpc) is 3.12. The molecule has 3 rings (SSSR count). The Labute approximate surface area is 168 Å². The van der Waals surface area contributed by atoms with E-state index in [0.29, 0.717) is 25.3 Å². The van der Waals surface area contributed by atoms with Gasteiger partial charge in [0.05, 0.1) is 6.61 Å². The molecule has 0 aliphatic carbocycles. The molecule has 3 heterocycles. The predicted molar refractivity (Wildman–Crippen MR) is 95.4 cm³/mol. The molecule has 0 aromatic carbocycles. The molecule has 0 radical (unpaired) electrons. The summed E-state index contributed by atoms with van der Waals surface area (Å²) in [6, 6.07) is 2.28. The first-order valence-electron chi connectivity index (χ1n) is 8.92. The lowest BCUT2D eigenvalue weighted by atomic mass is 9.83. The van der Waals surface area contributed by atoms with Gasteiger partial charge in [-0.2, -0.15) is 13.2 Å². The predicted octanol–water partition coefficient (Wildman–Crippen LogP) is 1.23. The topological polar surface area (TPSA) is 136 Å². The number of amides is 2. The van der Waals surface area contributed by atoms with Crippen molar-refractivity contribution in [3.63, 3.8) is 0 Å². The number of primary amides is 1. The molecule has 1 aliphatic heterocycles. The van der Waals surface area contributed by atoms with Crippen LogP contribution in [-0.4, -0.2) is 53.9 Å². The van der Waals surface area contributed by atoms with E-state index in [2.05, 4.69) is 20.4 Å². The Morgan fingerprint density at radius 3 is 2.80 bits per heavy atom. The molecule has 10 nitrogen and oxygen atoms in total. The fraction of sp³-hybridized carbons (Fsp3) is 0.471. The minimum Gasteiger partial charge on any atom is -0.449 e. The Balaban J connectivity index is 1.67. The van der Waals surface area contributed by atoms with E-state index in [0.717, 1.165) is 12.3 Å². The standard InChI is InChI=1S/C17H19F3N6O4/c1-22-14(27)12-5-11(30-25-12)4-9(8-29-15(21)28)10-6-26(7-10)16-23-3-2-13(24-16)17(18,19)20/h2-3,5,9-10H,4,6-8H2,1H3,(H2,21,28)(H,22,27). The van der Waals surface area contributed by atoms with Crippen LogP contribution in [0.3, 0.4) is 0 Å². The van der Waals surface area contributed by atoms with Crippen molar-refractivity contribution in [1.82, 2.24) is 20.4 Å². The van der Waals surface area contributed by atoms with E-state index in [-0.39, 0.29) is 30.1 Å². The zero-order valence-electron chi connectivity index (χ0n) is 15.8.